The Morgan fingerprint density at radius 2 is 1.24 bits per heavy atom. The largest absolute Gasteiger partial charge is 0.461 e. The number of hydrogen-bond donors (Lipinski definition) is 0. The molecule has 0 saturated heterocycles. The molecule has 0 bridgehead atoms. The van der Waals surface area contributed by atoms with Crippen molar-refractivity contribution in [3.8, 4) is 0 Å². The Bertz CT molecular complexity index is 1060. The summed E-state index contributed by atoms with van der Waals surface area (Å²) < 4.78 is 10.7. The van der Waals surface area contributed by atoms with Crippen molar-refractivity contribution in [2.75, 3.05) is 46.2 Å². The van der Waals surface area contributed by atoms with Crippen LogP contribution in [-0.4, -0.2) is 73.1 Å². The Morgan fingerprint density at radius 3 is 1.88 bits per heavy atom. The van der Waals surface area contributed by atoms with Gasteiger partial charge >= 0.3 is 11.9 Å². The summed E-state index contributed by atoms with van der Waals surface area (Å²) in [6.45, 7) is 7.22. The molecular weight excluding hydrogens is 633 g/mol. The van der Waals surface area contributed by atoms with Gasteiger partial charge in [0.25, 0.3) is 5.24 Å². The van der Waals surface area contributed by atoms with Crippen LogP contribution in [0.15, 0.2) is 48.6 Å². The summed E-state index contributed by atoms with van der Waals surface area (Å²) in [6.07, 6.45) is 26.3. The van der Waals surface area contributed by atoms with E-state index in [9.17, 15) is 14.4 Å². The van der Waals surface area contributed by atoms with Gasteiger partial charge in [-0.1, -0.05) is 132 Å². The van der Waals surface area contributed by atoms with Crippen LogP contribution in [0.5, 0.6) is 0 Å². The Labute approximate surface area is 303 Å². The highest BCUT2D eigenvalue weighted by molar-refractivity contribution is 8.13. The standard InChI is InChI=1S/C41H68N2O5S/c1-5-7-9-11-13-18-22-32-47-39(44)27-20-16-15-17-21-30-43(41(46)49-34-31-42(3)4)36-38-26-24-25-37(35-38)28-29-40(45)48-33-23-19-14-12-10-8-6-2/h18-19,22-26,35H,5-17,20-21,27-34,36H2,1-4H3/b22-18-,23-19-. The molecule has 1 amide bonds. The molecule has 0 radical (unpaired) electrons. The van der Waals surface area contributed by atoms with Gasteiger partial charge in [0.05, 0.1) is 0 Å². The average Bonchev–Trinajstić information content (AvgIpc) is 3.08. The third-order valence-electron chi connectivity index (χ3n) is 8.28. The van der Waals surface area contributed by atoms with Gasteiger partial charge in [0.2, 0.25) is 0 Å². The molecule has 0 heterocycles. The second kappa shape index (κ2) is 31.4. The molecule has 0 N–H and O–H groups in total. The first-order chi connectivity index (χ1) is 23.8. The van der Waals surface area contributed by atoms with E-state index in [-0.39, 0.29) is 17.2 Å². The third kappa shape index (κ3) is 26.9. The molecule has 0 saturated carbocycles. The number of aryl methyl sites for hydroxylation is 1. The molecule has 278 valence electrons. The fraction of sp³-hybridized carbons (Fsp3) is 0.683. The third-order valence-corrected chi connectivity index (χ3v) is 9.17. The van der Waals surface area contributed by atoms with Gasteiger partial charge in [-0.15, -0.1) is 0 Å². The predicted molar refractivity (Wildman–Crippen MR) is 207 cm³/mol. The Morgan fingerprint density at radius 1 is 0.673 bits per heavy atom. The van der Waals surface area contributed by atoms with Gasteiger partial charge < -0.3 is 19.3 Å². The maximum Gasteiger partial charge on any atom is 0.306 e. The minimum atomic E-state index is -0.187. The molecule has 0 aliphatic carbocycles. The van der Waals surface area contributed by atoms with E-state index in [4.69, 9.17) is 9.47 Å². The smallest absolute Gasteiger partial charge is 0.306 e. The van der Waals surface area contributed by atoms with E-state index in [1.165, 1.54) is 63.1 Å². The van der Waals surface area contributed by atoms with E-state index >= 15 is 0 Å². The Hall–Kier alpha value is -2.58. The molecule has 7 nitrogen and oxygen atoms in total. The first-order valence-corrected chi connectivity index (χ1v) is 20.1. The quantitative estimate of drug-likeness (QED) is 0.0449. The highest BCUT2D eigenvalue weighted by Crippen LogP contribution is 2.17. The first kappa shape index (κ1) is 44.4. The zero-order valence-electron chi connectivity index (χ0n) is 31.4. The summed E-state index contributed by atoms with van der Waals surface area (Å²) >= 11 is 1.38. The number of hydrogen-bond acceptors (Lipinski definition) is 7. The number of carbonyl (C=O) groups excluding carboxylic acids is 3. The monoisotopic (exact) mass is 700 g/mol. The van der Waals surface area contributed by atoms with E-state index in [2.05, 4.69) is 43.0 Å². The van der Waals surface area contributed by atoms with Crippen LogP contribution in [0.4, 0.5) is 4.79 Å². The molecule has 0 atom stereocenters. The average molecular weight is 701 g/mol. The normalized spacial score (nSPS) is 11.5. The van der Waals surface area contributed by atoms with Gasteiger partial charge in [-0.25, -0.2) is 0 Å². The lowest BCUT2D eigenvalue weighted by molar-refractivity contribution is -0.143. The summed E-state index contributed by atoms with van der Waals surface area (Å²) in [5.41, 5.74) is 2.15. The van der Waals surface area contributed by atoms with E-state index < -0.39 is 0 Å². The molecule has 49 heavy (non-hydrogen) atoms. The molecule has 0 unspecified atom stereocenters. The highest BCUT2D eigenvalue weighted by Gasteiger charge is 2.15. The fourth-order valence-corrected chi connectivity index (χ4v) is 6.24. The van der Waals surface area contributed by atoms with Gasteiger partial charge in [-0.05, 0) is 70.2 Å². The lowest BCUT2D eigenvalue weighted by Crippen LogP contribution is -2.29. The van der Waals surface area contributed by atoms with Crippen molar-refractivity contribution < 1.29 is 23.9 Å². The van der Waals surface area contributed by atoms with Crippen LogP contribution in [0.3, 0.4) is 0 Å². The van der Waals surface area contributed by atoms with Crippen LogP contribution in [0.1, 0.15) is 134 Å². The summed E-state index contributed by atoms with van der Waals surface area (Å²) in [5, 5.41) is 0.104. The van der Waals surface area contributed by atoms with E-state index in [0.29, 0.717) is 45.6 Å². The van der Waals surface area contributed by atoms with Crippen LogP contribution in [0.25, 0.3) is 0 Å². The molecular formula is C41H68N2O5S. The van der Waals surface area contributed by atoms with Crippen LogP contribution in [-0.2, 0) is 32.0 Å². The Kier molecular flexibility index (Phi) is 28.5. The molecule has 0 spiro atoms. The van der Waals surface area contributed by atoms with Crippen LogP contribution in [0, 0.1) is 0 Å². The fourth-order valence-electron chi connectivity index (χ4n) is 5.27. The molecule has 0 aliphatic rings. The van der Waals surface area contributed by atoms with Crippen LogP contribution >= 0.6 is 11.8 Å². The number of ether oxygens (including phenoxy) is 2. The van der Waals surface area contributed by atoms with Crippen LogP contribution < -0.4 is 0 Å². The van der Waals surface area contributed by atoms with Crippen molar-refractivity contribution in [1.29, 1.82) is 0 Å². The molecule has 0 aromatic heterocycles. The van der Waals surface area contributed by atoms with Crippen LogP contribution in [0.2, 0.25) is 0 Å². The van der Waals surface area contributed by atoms with Crippen molar-refractivity contribution in [1.82, 2.24) is 9.80 Å². The van der Waals surface area contributed by atoms with Crippen molar-refractivity contribution in [2.45, 2.75) is 136 Å². The number of thioether (sulfide) groups is 1. The van der Waals surface area contributed by atoms with E-state index in [0.717, 1.165) is 68.4 Å². The Balaban J connectivity index is 2.43. The van der Waals surface area contributed by atoms with Gasteiger partial charge in [0.1, 0.15) is 13.2 Å². The van der Waals surface area contributed by atoms with Crippen molar-refractivity contribution in [3.63, 3.8) is 0 Å². The zero-order chi connectivity index (χ0) is 35.8. The minimum Gasteiger partial charge on any atom is -0.461 e. The molecule has 1 aromatic carbocycles. The van der Waals surface area contributed by atoms with Crippen molar-refractivity contribution in [2.24, 2.45) is 0 Å². The summed E-state index contributed by atoms with van der Waals surface area (Å²) in [5.74, 6) is 0.443. The van der Waals surface area contributed by atoms with Gasteiger partial charge in [0, 0.05) is 38.2 Å². The summed E-state index contributed by atoms with van der Waals surface area (Å²) in [6, 6.07) is 8.21. The van der Waals surface area contributed by atoms with Gasteiger partial charge in [0.15, 0.2) is 0 Å². The molecule has 0 aliphatic heterocycles. The van der Waals surface area contributed by atoms with Gasteiger partial charge in [-0.3, -0.25) is 14.4 Å². The SMILES string of the molecule is CCCCCC/C=C\COC(=O)CCCCCCCN(Cc1cccc(CCC(=O)OC/C=C\CCCCCC)c1)C(=O)SCCN(C)C. The van der Waals surface area contributed by atoms with E-state index in [1.54, 1.807) is 0 Å². The number of esters is 2. The number of nitrogens with zero attached hydrogens (tertiary/aromatic N) is 2. The minimum absolute atomic E-state index is 0.104. The van der Waals surface area contributed by atoms with Crippen molar-refractivity contribution >= 4 is 28.9 Å². The number of allylic oxidation sites excluding steroid dienone is 2. The topological polar surface area (TPSA) is 76.1 Å². The number of amides is 1. The number of carbonyl (C=O) groups is 3. The number of rotatable bonds is 30. The van der Waals surface area contributed by atoms with Gasteiger partial charge in [-0.2, -0.15) is 0 Å². The lowest BCUT2D eigenvalue weighted by Gasteiger charge is -2.23. The van der Waals surface area contributed by atoms with Crippen molar-refractivity contribution in [3.05, 3.63) is 59.7 Å². The second-order valence-electron chi connectivity index (χ2n) is 13.2. The maximum absolute atomic E-state index is 13.2. The maximum atomic E-state index is 13.2. The molecule has 1 rings (SSSR count). The number of benzene rings is 1. The highest BCUT2D eigenvalue weighted by atomic mass is 32.2. The second-order valence-corrected chi connectivity index (χ2v) is 14.2. The van der Waals surface area contributed by atoms with E-state index in [1.807, 2.05) is 43.3 Å². The molecule has 8 heteroatoms. The summed E-state index contributed by atoms with van der Waals surface area (Å²) in [4.78, 5) is 41.6. The molecule has 1 aromatic rings. The predicted octanol–water partition coefficient (Wildman–Crippen LogP) is 10.3. The first-order valence-electron chi connectivity index (χ1n) is 19.1. The summed E-state index contributed by atoms with van der Waals surface area (Å²) in [7, 11) is 4.03. The number of unbranched alkanes of at least 4 members (excludes halogenated alkanes) is 12. The lowest BCUT2D eigenvalue weighted by atomic mass is 10.1. The zero-order valence-corrected chi connectivity index (χ0v) is 32.2. The molecule has 0 fully saturated rings.